The Labute approximate surface area is 186 Å². The molecule has 1 aromatic heterocycles. The Morgan fingerprint density at radius 1 is 1.03 bits per heavy atom. The van der Waals surface area contributed by atoms with E-state index < -0.39 is 0 Å². The minimum absolute atomic E-state index is 0.0932. The van der Waals surface area contributed by atoms with E-state index in [1.54, 1.807) is 23.0 Å². The van der Waals surface area contributed by atoms with Gasteiger partial charge in [0.25, 0.3) is 0 Å². The molecular formula is C24H25N5O3. The zero-order valence-corrected chi connectivity index (χ0v) is 17.7. The number of nitrogens with one attached hydrogen (secondary N) is 1. The summed E-state index contributed by atoms with van der Waals surface area (Å²) in [5.74, 6) is 0.283. The maximum absolute atomic E-state index is 12.5. The number of carbonyl (C=O) groups excluding carboxylic acids is 2. The summed E-state index contributed by atoms with van der Waals surface area (Å²) in [5.41, 5.74) is 2.55. The Balaban J connectivity index is 1.22. The third kappa shape index (κ3) is 5.81. The molecule has 0 saturated heterocycles. The molecule has 8 nitrogen and oxygen atoms in total. The van der Waals surface area contributed by atoms with E-state index in [9.17, 15) is 9.59 Å². The van der Waals surface area contributed by atoms with Crippen molar-refractivity contribution in [3.63, 3.8) is 0 Å². The maximum atomic E-state index is 12.5. The number of amides is 2. The van der Waals surface area contributed by atoms with Crippen LogP contribution in [0.4, 0.5) is 5.69 Å². The fourth-order valence-corrected chi connectivity index (χ4v) is 3.40. The normalized spacial score (nSPS) is 13.0. The highest BCUT2D eigenvalue weighted by Crippen LogP contribution is 2.18. The first-order valence-corrected chi connectivity index (χ1v) is 10.6. The molecule has 164 valence electrons. The van der Waals surface area contributed by atoms with Crippen LogP contribution in [0.1, 0.15) is 24.8 Å². The van der Waals surface area contributed by atoms with Crippen LogP contribution in [0.2, 0.25) is 0 Å². The van der Waals surface area contributed by atoms with Gasteiger partial charge >= 0.3 is 0 Å². The number of benzene rings is 2. The minimum atomic E-state index is -0.224. The standard InChI is InChI=1S/C24H25N5O3/c30-23(10-11-24(31)29-15-12-22(27-29)19-6-2-1-3-7-19)26-20-8-4-9-21(18-20)32-17-16-28-14-5-13-25-28/h1-9,13-14,18H,10-12,15-17H2,(H,26,30). The molecule has 1 aliphatic heterocycles. The van der Waals surface area contributed by atoms with Crippen LogP contribution in [-0.2, 0) is 16.1 Å². The molecule has 2 aromatic carbocycles. The predicted molar refractivity (Wildman–Crippen MR) is 121 cm³/mol. The lowest BCUT2D eigenvalue weighted by Gasteiger charge is -2.12. The van der Waals surface area contributed by atoms with Crippen LogP contribution in [0.25, 0.3) is 0 Å². The number of hydrazone groups is 1. The lowest BCUT2D eigenvalue weighted by atomic mass is 10.1. The Bertz CT molecular complexity index is 1080. The highest BCUT2D eigenvalue weighted by molar-refractivity contribution is 6.02. The zero-order chi connectivity index (χ0) is 22.2. The van der Waals surface area contributed by atoms with Crippen LogP contribution in [0.5, 0.6) is 5.75 Å². The van der Waals surface area contributed by atoms with Crippen molar-refractivity contribution in [3.8, 4) is 5.75 Å². The van der Waals surface area contributed by atoms with E-state index in [1.807, 2.05) is 54.7 Å². The quantitative estimate of drug-likeness (QED) is 0.563. The van der Waals surface area contributed by atoms with Gasteiger partial charge in [0.1, 0.15) is 12.4 Å². The lowest BCUT2D eigenvalue weighted by molar-refractivity contribution is -0.132. The molecule has 3 aromatic rings. The number of nitrogens with zero attached hydrogens (tertiary/aromatic N) is 4. The average molecular weight is 431 g/mol. The second-order valence-electron chi connectivity index (χ2n) is 7.37. The summed E-state index contributed by atoms with van der Waals surface area (Å²) >= 11 is 0. The van der Waals surface area contributed by atoms with Gasteiger partial charge in [-0.05, 0) is 23.8 Å². The summed E-state index contributed by atoms with van der Waals surface area (Å²) in [5, 5.41) is 12.8. The summed E-state index contributed by atoms with van der Waals surface area (Å²) < 4.78 is 7.51. The molecule has 0 radical (unpaired) electrons. The second kappa shape index (κ2) is 10.4. The Morgan fingerprint density at radius 2 is 1.91 bits per heavy atom. The van der Waals surface area contributed by atoms with Gasteiger partial charge in [-0.25, -0.2) is 5.01 Å². The van der Waals surface area contributed by atoms with E-state index in [1.165, 1.54) is 5.01 Å². The summed E-state index contributed by atoms with van der Waals surface area (Å²) in [4.78, 5) is 24.8. The van der Waals surface area contributed by atoms with Crippen LogP contribution in [0.3, 0.4) is 0 Å². The smallest absolute Gasteiger partial charge is 0.243 e. The summed E-state index contributed by atoms with van der Waals surface area (Å²) in [6, 6.07) is 18.9. The fraction of sp³-hybridized carbons (Fsp3) is 0.250. The molecule has 2 heterocycles. The van der Waals surface area contributed by atoms with Crippen molar-refractivity contribution >= 4 is 23.2 Å². The third-order valence-corrected chi connectivity index (χ3v) is 5.03. The first kappa shape index (κ1) is 21.3. The van der Waals surface area contributed by atoms with E-state index in [4.69, 9.17) is 4.74 Å². The second-order valence-corrected chi connectivity index (χ2v) is 7.37. The molecule has 4 rings (SSSR count). The number of hydrogen-bond acceptors (Lipinski definition) is 5. The molecular weight excluding hydrogens is 406 g/mol. The Kier molecular flexibility index (Phi) is 6.91. The molecule has 0 aliphatic carbocycles. The Hall–Kier alpha value is -3.94. The number of aromatic nitrogens is 2. The number of carbonyl (C=O) groups is 2. The fourth-order valence-electron chi connectivity index (χ4n) is 3.40. The van der Waals surface area contributed by atoms with Crippen molar-refractivity contribution < 1.29 is 14.3 Å². The van der Waals surface area contributed by atoms with Gasteiger partial charge in [-0.2, -0.15) is 10.2 Å². The molecule has 32 heavy (non-hydrogen) atoms. The van der Waals surface area contributed by atoms with Gasteiger partial charge in [0.05, 0.1) is 18.8 Å². The molecule has 0 unspecified atom stereocenters. The summed E-state index contributed by atoms with van der Waals surface area (Å²) in [6.45, 7) is 1.65. The number of rotatable bonds is 9. The van der Waals surface area contributed by atoms with E-state index in [0.29, 0.717) is 31.1 Å². The van der Waals surface area contributed by atoms with Crippen molar-refractivity contribution in [2.75, 3.05) is 18.5 Å². The van der Waals surface area contributed by atoms with E-state index >= 15 is 0 Å². The van der Waals surface area contributed by atoms with Crippen LogP contribution in [-0.4, -0.2) is 45.5 Å². The van der Waals surface area contributed by atoms with Crippen LogP contribution < -0.4 is 10.1 Å². The first-order valence-electron chi connectivity index (χ1n) is 10.6. The molecule has 2 amide bonds. The number of anilines is 1. The van der Waals surface area contributed by atoms with Crippen molar-refractivity contribution in [3.05, 3.63) is 78.6 Å². The van der Waals surface area contributed by atoms with Gasteiger partial charge in [0.15, 0.2) is 0 Å². The molecule has 0 spiro atoms. The molecule has 0 saturated carbocycles. The highest BCUT2D eigenvalue weighted by Gasteiger charge is 2.21. The number of hydrogen-bond donors (Lipinski definition) is 1. The van der Waals surface area contributed by atoms with E-state index in [2.05, 4.69) is 15.5 Å². The van der Waals surface area contributed by atoms with E-state index in [0.717, 1.165) is 17.7 Å². The average Bonchev–Trinajstić information content (AvgIpc) is 3.51. The van der Waals surface area contributed by atoms with Gasteiger partial charge in [-0.1, -0.05) is 36.4 Å². The minimum Gasteiger partial charge on any atom is -0.492 e. The molecule has 0 fully saturated rings. The first-order chi connectivity index (χ1) is 15.7. The Morgan fingerprint density at radius 3 is 2.72 bits per heavy atom. The predicted octanol–water partition coefficient (Wildman–Crippen LogP) is 3.32. The maximum Gasteiger partial charge on any atom is 0.243 e. The van der Waals surface area contributed by atoms with Gasteiger partial charge in [-0.15, -0.1) is 0 Å². The van der Waals surface area contributed by atoms with Gasteiger partial charge < -0.3 is 10.1 Å². The zero-order valence-electron chi connectivity index (χ0n) is 17.7. The van der Waals surface area contributed by atoms with Gasteiger partial charge in [0.2, 0.25) is 11.8 Å². The van der Waals surface area contributed by atoms with Gasteiger partial charge in [0, 0.05) is 43.4 Å². The van der Waals surface area contributed by atoms with Crippen molar-refractivity contribution in [1.29, 1.82) is 0 Å². The van der Waals surface area contributed by atoms with Crippen molar-refractivity contribution in [2.45, 2.75) is 25.8 Å². The van der Waals surface area contributed by atoms with Gasteiger partial charge in [-0.3, -0.25) is 14.3 Å². The monoisotopic (exact) mass is 431 g/mol. The van der Waals surface area contributed by atoms with Crippen molar-refractivity contribution in [2.24, 2.45) is 5.10 Å². The van der Waals surface area contributed by atoms with Crippen molar-refractivity contribution in [1.82, 2.24) is 14.8 Å². The summed E-state index contributed by atoms with van der Waals surface area (Å²) in [7, 11) is 0. The molecule has 8 heteroatoms. The molecule has 1 N–H and O–H groups in total. The third-order valence-electron chi connectivity index (χ3n) is 5.03. The molecule has 1 aliphatic rings. The molecule has 0 bridgehead atoms. The van der Waals surface area contributed by atoms with Crippen LogP contribution >= 0.6 is 0 Å². The lowest BCUT2D eigenvalue weighted by Crippen LogP contribution is -2.25. The topological polar surface area (TPSA) is 88.8 Å². The SMILES string of the molecule is O=C(CCC(=O)N1CCC(c2ccccc2)=N1)Nc1cccc(OCCn2cccn2)c1. The van der Waals surface area contributed by atoms with Crippen LogP contribution in [0.15, 0.2) is 78.2 Å². The van der Waals surface area contributed by atoms with Crippen LogP contribution in [0, 0.1) is 0 Å². The molecule has 0 atom stereocenters. The summed E-state index contributed by atoms with van der Waals surface area (Å²) in [6.07, 6.45) is 4.51. The number of ether oxygens (including phenoxy) is 1. The largest absolute Gasteiger partial charge is 0.492 e. The highest BCUT2D eigenvalue weighted by atomic mass is 16.5. The van der Waals surface area contributed by atoms with E-state index in [-0.39, 0.29) is 24.7 Å².